The Bertz CT molecular complexity index is 1260. The number of nitrogens with zero attached hydrogens (tertiary/aromatic N) is 2. The summed E-state index contributed by atoms with van der Waals surface area (Å²) in [7, 11) is 2.53. The standard InChI is InChI=1S/C29H24N2O4/c1-34-28(32)26-19-22(20-27(30-26)29(33)35-2)14-13-21-15-17-25(18-16-21)31(23-9-5-3-6-10-23)24-11-7-4-8-12-24/h3-20H,1-2H3/b14-13+. The van der Waals surface area contributed by atoms with Crippen molar-refractivity contribution >= 4 is 41.2 Å². The Labute approximate surface area is 204 Å². The van der Waals surface area contributed by atoms with Crippen LogP contribution in [-0.4, -0.2) is 31.1 Å². The van der Waals surface area contributed by atoms with Crippen molar-refractivity contribution in [3.63, 3.8) is 0 Å². The van der Waals surface area contributed by atoms with Crippen LogP contribution >= 0.6 is 0 Å². The molecule has 6 nitrogen and oxygen atoms in total. The normalized spacial score (nSPS) is 10.7. The summed E-state index contributed by atoms with van der Waals surface area (Å²) in [5.41, 5.74) is 4.78. The lowest BCUT2D eigenvalue weighted by Crippen LogP contribution is -2.11. The first-order chi connectivity index (χ1) is 17.1. The van der Waals surface area contributed by atoms with Crippen molar-refractivity contribution in [2.75, 3.05) is 19.1 Å². The highest BCUT2D eigenvalue weighted by molar-refractivity contribution is 5.93. The second kappa shape index (κ2) is 10.9. The van der Waals surface area contributed by atoms with E-state index in [-0.39, 0.29) is 11.4 Å². The van der Waals surface area contributed by atoms with Crippen LogP contribution in [0.1, 0.15) is 32.1 Å². The summed E-state index contributed by atoms with van der Waals surface area (Å²) < 4.78 is 9.50. The maximum Gasteiger partial charge on any atom is 0.356 e. The van der Waals surface area contributed by atoms with Crippen LogP contribution in [0.15, 0.2) is 97.1 Å². The maximum atomic E-state index is 12.0. The third-order valence-electron chi connectivity index (χ3n) is 5.29. The molecule has 1 heterocycles. The fraction of sp³-hybridized carbons (Fsp3) is 0.0690. The molecule has 0 saturated carbocycles. The fourth-order valence-corrected chi connectivity index (χ4v) is 3.59. The largest absolute Gasteiger partial charge is 0.464 e. The van der Waals surface area contributed by atoms with Crippen molar-refractivity contribution in [2.24, 2.45) is 0 Å². The number of aromatic nitrogens is 1. The molecule has 4 rings (SSSR count). The van der Waals surface area contributed by atoms with E-state index in [0.29, 0.717) is 5.56 Å². The first kappa shape index (κ1) is 23.4. The first-order valence-corrected chi connectivity index (χ1v) is 11.0. The van der Waals surface area contributed by atoms with E-state index in [1.807, 2.05) is 72.8 Å². The van der Waals surface area contributed by atoms with Crippen LogP contribution in [0.2, 0.25) is 0 Å². The van der Waals surface area contributed by atoms with Gasteiger partial charge in [0.1, 0.15) is 11.4 Å². The molecular weight excluding hydrogens is 440 g/mol. The van der Waals surface area contributed by atoms with E-state index in [4.69, 9.17) is 9.47 Å². The number of para-hydroxylation sites is 2. The van der Waals surface area contributed by atoms with Gasteiger partial charge in [0.15, 0.2) is 0 Å². The van der Waals surface area contributed by atoms with Crippen LogP contribution < -0.4 is 4.90 Å². The highest BCUT2D eigenvalue weighted by Gasteiger charge is 2.15. The SMILES string of the molecule is COC(=O)c1cc(/C=C/c2ccc(N(c3ccccc3)c3ccccc3)cc2)cc(C(=O)OC)n1. The summed E-state index contributed by atoms with van der Waals surface area (Å²) in [6.07, 6.45) is 3.71. The molecule has 1 aromatic heterocycles. The number of benzene rings is 3. The second-order valence-corrected chi connectivity index (χ2v) is 7.59. The molecule has 0 unspecified atom stereocenters. The molecule has 35 heavy (non-hydrogen) atoms. The average Bonchev–Trinajstić information content (AvgIpc) is 2.93. The molecule has 0 aliphatic heterocycles. The number of anilines is 3. The van der Waals surface area contributed by atoms with Crippen molar-refractivity contribution in [3.8, 4) is 0 Å². The zero-order valence-corrected chi connectivity index (χ0v) is 19.4. The number of esters is 2. The topological polar surface area (TPSA) is 68.7 Å². The highest BCUT2D eigenvalue weighted by Crippen LogP contribution is 2.34. The maximum absolute atomic E-state index is 12.0. The van der Waals surface area contributed by atoms with Crippen molar-refractivity contribution < 1.29 is 19.1 Å². The first-order valence-electron chi connectivity index (χ1n) is 11.0. The third kappa shape index (κ3) is 5.62. The Hall–Kier alpha value is -4.71. The predicted molar refractivity (Wildman–Crippen MR) is 137 cm³/mol. The van der Waals surface area contributed by atoms with Gasteiger partial charge in [-0.15, -0.1) is 0 Å². The van der Waals surface area contributed by atoms with Gasteiger partial charge < -0.3 is 14.4 Å². The number of ether oxygens (including phenoxy) is 2. The Kier molecular flexibility index (Phi) is 7.33. The van der Waals surface area contributed by atoms with E-state index in [2.05, 4.69) is 34.1 Å². The monoisotopic (exact) mass is 464 g/mol. The molecule has 0 bridgehead atoms. The summed E-state index contributed by atoms with van der Waals surface area (Å²) in [6, 6.07) is 31.6. The van der Waals surface area contributed by atoms with Gasteiger partial charge in [-0.1, -0.05) is 60.7 Å². The van der Waals surface area contributed by atoms with Crippen LogP contribution in [0.4, 0.5) is 17.1 Å². The smallest absolute Gasteiger partial charge is 0.356 e. The van der Waals surface area contributed by atoms with E-state index < -0.39 is 11.9 Å². The molecule has 0 spiro atoms. The fourth-order valence-electron chi connectivity index (χ4n) is 3.59. The number of carbonyl (C=O) groups is 2. The quantitative estimate of drug-likeness (QED) is 0.299. The van der Waals surface area contributed by atoms with E-state index in [0.717, 1.165) is 22.6 Å². The molecule has 0 aliphatic rings. The number of rotatable bonds is 7. The van der Waals surface area contributed by atoms with Crippen molar-refractivity contribution in [2.45, 2.75) is 0 Å². The van der Waals surface area contributed by atoms with Crippen LogP contribution in [0.3, 0.4) is 0 Å². The Morgan fingerprint density at radius 2 is 1.06 bits per heavy atom. The van der Waals surface area contributed by atoms with Crippen molar-refractivity contribution in [3.05, 3.63) is 120 Å². The van der Waals surface area contributed by atoms with Gasteiger partial charge in [0.25, 0.3) is 0 Å². The number of carbonyl (C=O) groups excluding carboxylic acids is 2. The Balaban J connectivity index is 1.63. The Morgan fingerprint density at radius 1 is 0.629 bits per heavy atom. The van der Waals surface area contributed by atoms with Crippen molar-refractivity contribution in [1.82, 2.24) is 4.98 Å². The van der Waals surface area contributed by atoms with E-state index in [9.17, 15) is 9.59 Å². The Morgan fingerprint density at radius 3 is 1.51 bits per heavy atom. The number of methoxy groups -OCH3 is 2. The van der Waals surface area contributed by atoms with Gasteiger partial charge in [0, 0.05) is 17.1 Å². The summed E-state index contributed by atoms with van der Waals surface area (Å²) in [5.74, 6) is -1.26. The van der Waals surface area contributed by atoms with E-state index in [1.165, 1.54) is 14.2 Å². The molecular formula is C29H24N2O4. The van der Waals surface area contributed by atoms with Crippen molar-refractivity contribution in [1.29, 1.82) is 0 Å². The van der Waals surface area contributed by atoms with E-state index in [1.54, 1.807) is 12.1 Å². The summed E-state index contributed by atoms with van der Waals surface area (Å²) in [6.45, 7) is 0. The van der Waals surface area contributed by atoms with Crippen LogP contribution in [-0.2, 0) is 9.47 Å². The van der Waals surface area contributed by atoms with E-state index >= 15 is 0 Å². The van der Waals surface area contributed by atoms with Gasteiger partial charge in [-0.3, -0.25) is 0 Å². The molecule has 6 heteroatoms. The summed E-state index contributed by atoms with van der Waals surface area (Å²) in [4.78, 5) is 30.2. The molecule has 3 aromatic carbocycles. The van der Waals surface area contributed by atoms with Crippen LogP contribution in [0, 0.1) is 0 Å². The summed E-state index contributed by atoms with van der Waals surface area (Å²) >= 11 is 0. The second-order valence-electron chi connectivity index (χ2n) is 7.59. The predicted octanol–water partition coefficient (Wildman–Crippen LogP) is 6.30. The van der Waals surface area contributed by atoms with Crippen LogP contribution in [0.5, 0.6) is 0 Å². The zero-order chi connectivity index (χ0) is 24.6. The molecule has 0 saturated heterocycles. The lowest BCUT2D eigenvalue weighted by atomic mass is 10.1. The average molecular weight is 465 g/mol. The minimum absolute atomic E-state index is 0.0340. The van der Waals surface area contributed by atoms with Gasteiger partial charge in [0.05, 0.1) is 14.2 Å². The number of pyridine rings is 1. The van der Waals surface area contributed by atoms with Gasteiger partial charge in [-0.05, 0) is 59.7 Å². The molecule has 0 fully saturated rings. The molecule has 4 aromatic rings. The van der Waals surface area contributed by atoms with Gasteiger partial charge in [0.2, 0.25) is 0 Å². The lowest BCUT2D eigenvalue weighted by molar-refractivity contribution is 0.0585. The molecule has 0 aliphatic carbocycles. The molecule has 0 N–H and O–H groups in total. The lowest BCUT2D eigenvalue weighted by Gasteiger charge is -2.25. The minimum atomic E-state index is -0.628. The molecule has 0 amide bonds. The van der Waals surface area contributed by atoms with Crippen LogP contribution in [0.25, 0.3) is 12.2 Å². The minimum Gasteiger partial charge on any atom is -0.464 e. The third-order valence-corrected chi connectivity index (χ3v) is 5.29. The van der Waals surface area contributed by atoms with Gasteiger partial charge in [-0.25, -0.2) is 14.6 Å². The molecule has 174 valence electrons. The number of hydrogen-bond donors (Lipinski definition) is 0. The summed E-state index contributed by atoms with van der Waals surface area (Å²) in [5, 5.41) is 0. The molecule has 0 atom stereocenters. The van der Waals surface area contributed by atoms with Gasteiger partial charge >= 0.3 is 11.9 Å². The number of hydrogen-bond acceptors (Lipinski definition) is 6. The zero-order valence-electron chi connectivity index (χ0n) is 19.4. The van der Waals surface area contributed by atoms with Gasteiger partial charge in [-0.2, -0.15) is 0 Å². The molecule has 0 radical (unpaired) electrons. The highest BCUT2D eigenvalue weighted by atomic mass is 16.5.